The van der Waals surface area contributed by atoms with E-state index in [9.17, 15) is 0 Å². The number of benzene rings is 3. The van der Waals surface area contributed by atoms with Gasteiger partial charge in [-0.3, -0.25) is 0 Å². The van der Waals surface area contributed by atoms with Crippen molar-refractivity contribution in [2.75, 3.05) is 18.2 Å². The molecule has 25 heavy (non-hydrogen) atoms. The van der Waals surface area contributed by atoms with Crippen LogP contribution in [0.25, 0.3) is 0 Å². The van der Waals surface area contributed by atoms with Gasteiger partial charge in [0.15, 0.2) is 0 Å². The molecule has 3 rings (SSSR count). The summed E-state index contributed by atoms with van der Waals surface area (Å²) >= 11 is 1.86. The zero-order valence-corrected chi connectivity index (χ0v) is 15.4. The molecule has 0 saturated heterocycles. The van der Waals surface area contributed by atoms with Crippen LogP contribution in [0.2, 0.25) is 0 Å². The van der Waals surface area contributed by atoms with E-state index in [-0.39, 0.29) is 5.54 Å². The molecule has 0 aliphatic rings. The lowest BCUT2D eigenvalue weighted by molar-refractivity contribution is 0.415. The van der Waals surface area contributed by atoms with Crippen molar-refractivity contribution in [1.82, 2.24) is 0 Å². The van der Waals surface area contributed by atoms with E-state index < -0.39 is 0 Å². The fourth-order valence-corrected chi connectivity index (χ4v) is 3.78. The average Bonchev–Trinajstić information content (AvgIpc) is 2.68. The van der Waals surface area contributed by atoms with Crippen LogP contribution in [0.3, 0.4) is 0 Å². The van der Waals surface area contributed by atoms with Crippen LogP contribution in [0.5, 0.6) is 5.75 Å². The Labute approximate surface area is 154 Å². The normalized spacial score (nSPS) is 13.0. The summed E-state index contributed by atoms with van der Waals surface area (Å²) in [7, 11) is 1.69. The SMILES string of the molecule is COc1ccc(NC(C)(CSc2ccccc2)c2ccccc2)cc1. The third-order valence-corrected chi connectivity index (χ3v) is 5.52. The fourth-order valence-electron chi connectivity index (χ4n) is 2.73. The van der Waals surface area contributed by atoms with Gasteiger partial charge in [-0.1, -0.05) is 48.5 Å². The molecule has 2 nitrogen and oxygen atoms in total. The van der Waals surface area contributed by atoms with E-state index in [2.05, 4.69) is 85.0 Å². The summed E-state index contributed by atoms with van der Waals surface area (Å²) in [6.07, 6.45) is 0. The van der Waals surface area contributed by atoms with Crippen molar-refractivity contribution in [2.45, 2.75) is 17.4 Å². The lowest BCUT2D eigenvalue weighted by Gasteiger charge is -2.32. The molecule has 0 radical (unpaired) electrons. The zero-order valence-electron chi connectivity index (χ0n) is 14.6. The van der Waals surface area contributed by atoms with Crippen LogP contribution in [-0.2, 0) is 5.54 Å². The van der Waals surface area contributed by atoms with E-state index >= 15 is 0 Å². The second kappa shape index (κ2) is 8.13. The third-order valence-electron chi connectivity index (χ3n) is 4.19. The van der Waals surface area contributed by atoms with Gasteiger partial charge < -0.3 is 10.1 Å². The number of methoxy groups -OCH3 is 1. The smallest absolute Gasteiger partial charge is 0.119 e. The van der Waals surface area contributed by atoms with Gasteiger partial charge in [0.1, 0.15) is 5.75 Å². The highest BCUT2D eigenvalue weighted by molar-refractivity contribution is 7.99. The maximum Gasteiger partial charge on any atom is 0.119 e. The van der Waals surface area contributed by atoms with Crippen molar-refractivity contribution in [2.24, 2.45) is 0 Å². The zero-order chi connectivity index (χ0) is 17.5. The van der Waals surface area contributed by atoms with Gasteiger partial charge in [0.25, 0.3) is 0 Å². The molecule has 0 bridgehead atoms. The summed E-state index contributed by atoms with van der Waals surface area (Å²) in [5.41, 5.74) is 2.17. The van der Waals surface area contributed by atoms with Crippen LogP contribution in [0, 0.1) is 0 Å². The van der Waals surface area contributed by atoms with Crippen LogP contribution in [0.4, 0.5) is 5.69 Å². The summed E-state index contributed by atoms with van der Waals surface area (Å²) in [4.78, 5) is 1.28. The number of ether oxygens (including phenoxy) is 1. The summed E-state index contributed by atoms with van der Waals surface area (Å²) in [6, 6.07) is 29.2. The van der Waals surface area contributed by atoms with Crippen LogP contribution >= 0.6 is 11.8 Å². The van der Waals surface area contributed by atoms with Crippen molar-refractivity contribution >= 4 is 17.4 Å². The van der Waals surface area contributed by atoms with E-state index in [0.717, 1.165) is 17.2 Å². The highest BCUT2D eigenvalue weighted by Crippen LogP contribution is 2.33. The largest absolute Gasteiger partial charge is 0.497 e. The maximum absolute atomic E-state index is 5.26. The summed E-state index contributed by atoms with van der Waals surface area (Å²) in [6.45, 7) is 2.25. The minimum atomic E-state index is -0.184. The van der Waals surface area contributed by atoms with Crippen LogP contribution < -0.4 is 10.1 Å². The number of hydrogen-bond donors (Lipinski definition) is 1. The molecule has 0 heterocycles. The molecule has 0 aliphatic carbocycles. The molecule has 3 aromatic rings. The average molecular weight is 349 g/mol. The Kier molecular flexibility index (Phi) is 5.67. The van der Waals surface area contributed by atoms with Crippen molar-refractivity contribution in [3.63, 3.8) is 0 Å². The third kappa shape index (κ3) is 4.58. The minimum absolute atomic E-state index is 0.184. The summed E-state index contributed by atoms with van der Waals surface area (Å²) < 4.78 is 5.26. The second-order valence-electron chi connectivity index (χ2n) is 6.15. The molecule has 0 aromatic heterocycles. The fraction of sp³-hybridized carbons (Fsp3) is 0.182. The molecule has 0 spiro atoms. The molecule has 0 aliphatic heterocycles. The van der Waals surface area contributed by atoms with Gasteiger partial charge >= 0.3 is 0 Å². The monoisotopic (exact) mass is 349 g/mol. The second-order valence-corrected chi connectivity index (χ2v) is 7.20. The molecular weight excluding hydrogens is 326 g/mol. The summed E-state index contributed by atoms with van der Waals surface area (Å²) in [5.74, 6) is 1.79. The van der Waals surface area contributed by atoms with E-state index in [4.69, 9.17) is 4.74 Å². The molecule has 1 atom stereocenters. The lowest BCUT2D eigenvalue weighted by atomic mass is 9.93. The van der Waals surface area contributed by atoms with Gasteiger partial charge in [0.2, 0.25) is 0 Å². The molecule has 0 amide bonds. The van der Waals surface area contributed by atoms with Crippen LogP contribution in [-0.4, -0.2) is 12.9 Å². The number of anilines is 1. The topological polar surface area (TPSA) is 21.3 Å². The lowest BCUT2D eigenvalue weighted by Crippen LogP contribution is -2.34. The Balaban J connectivity index is 1.83. The molecule has 3 heteroatoms. The van der Waals surface area contributed by atoms with Crippen LogP contribution in [0.15, 0.2) is 89.8 Å². The first-order valence-corrected chi connectivity index (χ1v) is 9.34. The van der Waals surface area contributed by atoms with Gasteiger partial charge in [-0.25, -0.2) is 0 Å². The van der Waals surface area contributed by atoms with Crippen molar-refractivity contribution in [3.8, 4) is 5.75 Å². The molecule has 3 aromatic carbocycles. The number of thioether (sulfide) groups is 1. The molecule has 0 fully saturated rings. The Morgan fingerprint density at radius 2 is 1.44 bits per heavy atom. The first kappa shape index (κ1) is 17.4. The van der Waals surface area contributed by atoms with E-state index in [1.165, 1.54) is 10.5 Å². The predicted molar refractivity (Wildman–Crippen MR) is 108 cm³/mol. The van der Waals surface area contributed by atoms with Gasteiger partial charge in [-0.05, 0) is 48.9 Å². The van der Waals surface area contributed by atoms with Crippen LogP contribution in [0.1, 0.15) is 12.5 Å². The molecule has 0 saturated carbocycles. The number of nitrogens with one attached hydrogen (secondary N) is 1. The quantitative estimate of drug-likeness (QED) is 0.543. The Bertz CT molecular complexity index is 774. The Morgan fingerprint density at radius 1 is 0.840 bits per heavy atom. The van der Waals surface area contributed by atoms with Crippen molar-refractivity contribution in [1.29, 1.82) is 0 Å². The van der Waals surface area contributed by atoms with E-state index in [1.54, 1.807) is 7.11 Å². The Hall–Kier alpha value is -2.39. The maximum atomic E-state index is 5.26. The van der Waals surface area contributed by atoms with Gasteiger partial charge in [0, 0.05) is 16.3 Å². The van der Waals surface area contributed by atoms with E-state index in [1.807, 2.05) is 23.9 Å². The van der Waals surface area contributed by atoms with Crippen molar-refractivity contribution < 1.29 is 4.74 Å². The highest BCUT2D eigenvalue weighted by Gasteiger charge is 2.26. The molecule has 128 valence electrons. The van der Waals surface area contributed by atoms with Crippen molar-refractivity contribution in [3.05, 3.63) is 90.5 Å². The predicted octanol–water partition coefficient (Wildman–Crippen LogP) is 5.81. The van der Waals surface area contributed by atoms with Gasteiger partial charge in [0.05, 0.1) is 12.6 Å². The standard InChI is InChI=1S/C22H23NOS/c1-22(18-9-5-3-6-10-18,17-25-21-11-7-4-8-12-21)23-19-13-15-20(24-2)16-14-19/h3-16,23H,17H2,1-2H3. The molecular formula is C22H23NOS. The number of rotatable bonds is 7. The molecule has 1 unspecified atom stereocenters. The van der Waals surface area contributed by atoms with Gasteiger partial charge in [-0.2, -0.15) is 0 Å². The van der Waals surface area contributed by atoms with E-state index in [0.29, 0.717) is 0 Å². The van der Waals surface area contributed by atoms with Gasteiger partial charge in [-0.15, -0.1) is 11.8 Å². The minimum Gasteiger partial charge on any atom is -0.497 e. The Morgan fingerprint density at radius 3 is 2.04 bits per heavy atom. The first-order chi connectivity index (χ1) is 12.2. The summed E-state index contributed by atoms with van der Waals surface area (Å²) in [5, 5.41) is 3.72. The highest BCUT2D eigenvalue weighted by atomic mass is 32.2. The number of hydrogen-bond acceptors (Lipinski definition) is 3. The first-order valence-electron chi connectivity index (χ1n) is 8.35. The molecule has 1 N–H and O–H groups in total.